The third-order valence-corrected chi connectivity index (χ3v) is 5.82. The summed E-state index contributed by atoms with van der Waals surface area (Å²) in [7, 11) is 0. The zero-order valence-corrected chi connectivity index (χ0v) is 16.0. The van der Waals surface area contributed by atoms with Crippen molar-refractivity contribution in [2.75, 3.05) is 0 Å². The van der Waals surface area contributed by atoms with Gasteiger partial charge < -0.3 is 9.73 Å². The number of oxazole rings is 1. The van der Waals surface area contributed by atoms with Crippen LogP contribution in [-0.2, 0) is 17.1 Å². The van der Waals surface area contributed by atoms with Crippen molar-refractivity contribution in [2.24, 2.45) is 0 Å². The van der Waals surface area contributed by atoms with E-state index in [9.17, 15) is 4.79 Å². The number of hydrogen-bond donors (Lipinski definition) is 1. The Bertz CT molecular complexity index is 816. The molecule has 3 aromatic rings. The summed E-state index contributed by atoms with van der Waals surface area (Å²) in [5.74, 6) is 1.20. The highest BCUT2D eigenvalue weighted by atomic mass is 35.5. The highest BCUT2D eigenvalue weighted by molar-refractivity contribution is 7.99. The van der Waals surface area contributed by atoms with Crippen molar-refractivity contribution in [3.63, 3.8) is 0 Å². The summed E-state index contributed by atoms with van der Waals surface area (Å²) in [5, 5.41) is 5.47. The number of benzene rings is 1. The number of hydrogen-bond acceptors (Lipinski definition) is 5. The van der Waals surface area contributed by atoms with E-state index in [2.05, 4.69) is 10.3 Å². The Balaban J connectivity index is 1.49. The quantitative estimate of drug-likeness (QED) is 0.615. The van der Waals surface area contributed by atoms with E-state index in [1.165, 1.54) is 11.8 Å². The van der Waals surface area contributed by atoms with Crippen molar-refractivity contribution >= 4 is 40.6 Å². The molecule has 130 valence electrons. The molecule has 0 saturated carbocycles. The lowest BCUT2D eigenvalue weighted by molar-refractivity contribution is -0.120. The third-order valence-electron chi connectivity index (χ3n) is 3.51. The summed E-state index contributed by atoms with van der Waals surface area (Å²) in [6, 6.07) is 11.3. The van der Waals surface area contributed by atoms with Crippen LogP contribution in [0.3, 0.4) is 0 Å². The molecule has 0 aliphatic heterocycles. The topological polar surface area (TPSA) is 55.1 Å². The van der Waals surface area contributed by atoms with Gasteiger partial charge >= 0.3 is 0 Å². The fraction of sp³-hybridized carbons (Fsp3) is 0.222. The standard InChI is InChI=1S/C18H17ClN2O2S2/c1-12(17(22)20-9-16-3-2-8-24-16)25-11-15-10-23-18(21-15)13-4-6-14(19)7-5-13/h2-8,10,12H,9,11H2,1H3,(H,20,22)/t12-/m0/s1. The first kappa shape index (κ1) is 18.0. The van der Waals surface area contributed by atoms with Crippen LogP contribution in [0.2, 0.25) is 5.02 Å². The number of nitrogens with zero attached hydrogens (tertiary/aromatic N) is 1. The SMILES string of the molecule is C[C@H](SCc1coc(-c2ccc(Cl)cc2)n1)C(=O)NCc1cccs1. The predicted molar refractivity (Wildman–Crippen MR) is 104 cm³/mol. The molecule has 1 atom stereocenters. The number of aromatic nitrogens is 1. The summed E-state index contributed by atoms with van der Waals surface area (Å²) in [5.41, 5.74) is 1.69. The van der Waals surface area contributed by atoms with Gasteiger partial charge in [-0.15, -0.1) is 23.1 Å². The highest BCUT2D eigenvalue weighted by Crippen LogP contribution is 2.23. The molecule has 7 heteroatoms. The molecule has 0 aliphatic rings. The molecule has 0 spiro atoms. The zero-order valence-electron chi connectivity index (χ0n) is 13.6. The molecule has 4 nitrogen and oxygen atoms in total. The minimum Gasteiger partial charge on any atom is -0.444 e. The number of rotatable bonds is 7. The van der Waals surface area contributed by atoms with Gasteiger partial charge in [0.2, 0.25) is 11.8 Å². The van der Waals surface area contributed by atoms with Gasteiger partial charge in [-0.1, -0.05) is 17.7 Å². The fourth-order valence-corrected chi connectivity index (χ4v) is 3.67. The smallest absolute Gasteiger partial charge is 0.233 e. The van der Waals surface area contributed by atoms with Crippen LogP contribution < -0.4 is 5.32 Å². The molecular weight excluding hydrogens is 376 g/mol. The van der Waals surface area contributed by atoms with Crippen LogP contribution in [0.1, 0.15) is 17.5 Å². The molecule has 0 saturated heterocycles. The maximum absolute atomic E-state index is 12.1. The van der Waals surface area contributed by atoms with Crippen molar-refractivity contribution in [1.29, 1.82) is 0 Å². The number of nitrogens with one attached hydrogen (secondary N) is 1. The van der Waals surface area contributed by atoms with Crippen molar-refractivity contribution in [2.45, 2.75) is 24.5 Å². The molecule has 0 bridgehead atoms. The fourth-order valence-electron chi connectivity index (χ4n) is 2.12. The summed E-state index contributed by atoms with van der Waals surface area (Å²) in [6.45, 7) is 2.47. The van der Waals surface area contributed by atoms with E-state index in [4.69, 9.17) is 16.0 Å². The van der Waals surface area contributed by atoms with Crippen LogP contribution >= 0.6 is 34.7 Å². The van der Waals surface area contributed by atoms with Gasteiger partial charge in [-0.3, -0.25) is 4.79 Å². The van der Waals surface area contributed by atoms with Crippen molar-refractivity contribution in [3.8, 4) is 11.5 Å². The van der Waals surface area contributed by atoms with E-state index in [-0.39, 0.29) is 11.2 Å². The van der Waals surface area contributed by atoms with E-state index < -0.39 is 0 Å². The second-order valence-corrected chi connectivity index (χ2v) is 8.20. The molecule has 1 aromatic carbocycles. The second-order valence-electron chi connectivity index (χ2n) is 5.40. The van der Waals surface area contributed by atoms with E-state index in [1.54, 1.807) is 29.7 Å². The second kappa shape index (κ2) is 8.56. The van der Waals surface area contributed by atoms with Crippen LogP contribution in [0, 0.1) is 0 Å². The molecular formula is C18H17ClN2O2S2. The van der Waals surface area contributed by atoms with Gasteiger partial charge in [-0.25, -0.2) is 4.98 Å². The van der Waals surface area contributed by atoms with Crippen LogP contribution in [0.5, 0.6) is 0 Å². The first-order chi connectivity index (χ1) is 12.1. The molecule has 3 rings (SSSR count). The average Bonchev–Trinajstić information content (AvgIpc) is 3.30. The van der Waals surface area contributed by atoms with Gasteiger partial charge in [-0.2, -0.15) is 0 Å². The number of thiophene rings is 1. The molecule has 0 unspecified atom stereocenters. The highest BCUT2D eigenvalue weighted by Gasteiger charge is 2.15. The predicted octanol–water partition coefficient (Wildman–Crippen LogP) is 4.99. The largest absolute Gasteiger partial charge is 0.444 e. The molecule has 25 heavy (non-hydrogen) atoms. The van der Waals surface area contributed by atoms with Crippen molar-refractivity contribution in [1.82, 2.24) is 10.3 Å². The van der Waals surface area contributed by atoms with Crippen LogP contribution in [0.15, 0.2) is 52.5 Å². The van der Waals surface area contributed by atoms with E-state index >= 15 is 0 Å². The molecule has 2 aromatic heterocycles. The van der Waals surface area contributed by atoms with E-state index in [0.29, 0.717) is 23.2 Å². The number of amides is 1. The molecule has 2 heterocycles. The summed E-state index contributed by atoms with van der Waals surface area (Å²) in [4.78, 5) is 17.7. The number of carbonyl (C=O) groups excluding carboxylic acids is 1. The lowest BCUT2D eigenvalue weighted by Gasteiger charge is -2.10. The summed E-state index contributed by atoms with van der Waals surface area (Å²) >= 11 is 9.05. The maximum atomic E-state index is 12.1. The Kier molecular flexibility index (Phi) is 6.18. The first-order valence-electron chi connectivity index (χ1n) is 7.74. The first-order valence-corrected chi connectivity index (χ1v) is 10.0. The third kappa shape index (κ3) is 5.11. The summed E-state index contributed by atoms with van der Waals surface area (Å²) in [6.07, 6.45) is 1.63. The molecule has 1 N–H and O–H groups in total. The minimum absolute atomic E-state index is 0.0276. The molecule has 1 amide bonds. The molecule has 0 aliphatic carbocycles. The number of carbonyl (C=O) groups is 1. The van der Waals surface area contributed by atoms with Crippen LogP contribution in [-0.4, -0.2) is 16.1 Å². The lowest BCUT2D eigenvalue weighted by Crippen LogP contribution is -2.30. The Morgan fingerprint density at radius 1 is 1.36 bits per heavy atom. The van der Waals surface area contributed by atoms with Gasteiger partial charge in [0.05, 0.1) is 17.5 Å². The normalized spacial score (nSPS) is 12.1. The number of halogens is 1. The van der Waals surface area contributed by atoms with Crippen LogP contribution in [0.25, 0.3) is 11.5 Å². The van der Waals surface area contributed by atoms with E-state index in [1.807, 2.05) is 36.6 Å². The van der Waals surface area contributed by atoms with Gasteiger partial charge in [0.1, 0.15) is 6.26 Å². The Hall–Kier alpha value is -1.76. The lowest BCUT2D eigenvalue weighted by atomic mass is 10.2. The van der Waals surface area contributed by atoms with Gasteiger partial charge in [0.25, 0.3) is 0 Å². The van der Waals surface area contributed by atoms with Gasteiger partial charge in [0.15, 0.2) is 0 Å². The Labute approximate surface area is 159 Å². The van der Waals surface area contributed by atoms with E-state index in [0.717, 1.165) is 16.1 Å². The average molecular weight is 393 g/mol. The molecule has 0 radical (unpaired) electrons. The van der Waals surface area contributed by atoms with Gasteiger partial charge in [0, 0.05) is 21.2 Å². The Morgan fingerprint density at radius 2 is 2.16 bits per heavy atom. The maximum Gasteiger partial charge on any atom is 0.233 e. The summed E-state index contributed by atoms with van der Waals surface area (Å²) < 4.78 is 5.51. The zero-order chi connectivity index (χ0) is 17.6. The molecule has 0 fully saturated rings. The monoisotopic (exact) mass is 392 g/mol. The van der Waals surface area contributed by atoms with Crippen LogP contribution in [0.4, 0.5) is 0 Å². The Morgan fingerprint density at radius 3 is 2.88 bits per heavy atom. The van der Waals surface area contributed by atoms with Crippen molar-refractivity contribution < 1.29 is 9.21 Å². The minimum atomic E-state index is -0.157. The van der Waals surface area contributed by atoms with Crippen molar-refractivity contribution in [3.05, 3.63) is 63.6 Å². The number of thioether (sulfide) groups is 1. The van der Waals surface area contributed by atoms with Gasteiger partial charge in [-0.05, 0) is 42.6 Å².